The van der Waals surface area contributed by atoms with Crippen LogP contribution in [0.5, 0.6) is 0 Å². The number of halogens is 2. The quantitative estimate of drug-likeness (QED) is 0.456. The molecule has 0 fully saturated rings. The molecule has 158 valence electrons. The van der Waals surface area contributed by atoms with E-state index in [4.69, 9.17) is 16.3 Å². The van der Waals surface area contributed by atoms with Gasteiger partial charge in [-0.3, -0.25) is 9.89 Å². The number of nitrogens with zero attached hydrogens (tertiary/aromatic N) is 2. The van der Waals surface area contributed by atoms with Crippen molar-refractivity contribution in [1.29, 1.82) is 0 Å². The standard InChI is InChI=1S/C21H22BrClN4O3/c1-27(21(29)30-13-14-6-3-2-4-7-14)11-10-17(24-18(28)12-23)20-19-15(22)8-5-9-16(19)25-26-20/h2-9,17H,10-13H2,1H3,(H,24,28)(H,25,26). The number of nitrogens with one attached hydrogen (secondary N) is 2. The summed E-state index contributed by atoms with van der Waals surface area (Å²) in [5.74, 6) is -0.454. The first kappa shape index (κ1) is 22.1. The predicted octanol–water partition coefficient (Wildman–Crippen LogP) is 4.38. The van der Waals surface area contributed by atoms with Crippen LogP contribution in [0.25, 0.3) is 10.9 Å². The maximum atomic E-state index is 12.3. The molecule has 7 nitrogen and oxygen atoms in total. The molecule has 1 aromatic heterocycles. The highest BCUT2D eigenvalue weighted by molar-refractivity contribution is 9.10. The van der Waals surface area contributed by atoms with Gasteiger partial charge in [0.15, 0.2) is 0 Å². The lowest BCUT2D eigenvalue weighted by Crippen LogP contribution is -2.34. The van der Waals surface area contributed by atoms with Gasteiger partial charge in [0.05, 0.1) is 17.3 Å². The van der Waals surface area contributed by atoms with Gasteiger partial charge in [0.1, 0.15) is 12.5 Å². The summed E-state index contributed by atoms with van der Waals surface area (Å²) in [6.45, 7) is 0.570. The van der Waals surface area contributed by atoms with Gasteiger partial charge >= 0.3 is 6.09 Å². The van der Waals surface area contributed by atoms with Crippen LogP contribution in [0.3, 0.4) is 0 Å². The lowest BCUT2D eigenvalue weighted by Gasteiger charge is -2.22. The molecule has 0 saturated heterocycles. The zero-order valence-electron chi connectivity index (χ0n) is 16.4. The molecular weight excluding hydrogens is 472 g/mol. The minimum absolute atomic E-state index is 0.154. The Kier molecular flexibility index (Phi) is 7.70. The molecule has 30 heavy (non-hydrogen) atoms. The number of carbonyl (C=O) groups excluding carboxylic acids is 2. The first-order chi connectivity index (χ1) is 14.5. The highest BCUT2D eigenvalue weighted by atomic mass is 79.9. The lowest BCUT2D eigenvalue weighted by molar-refractivity contribution is -0.119. The molecule has 2 amide bonds. The highest BCUT2D eigenvalue weighted by Crippen LogP contribution is 2.30. The maximum Gasteiger partial charge on any atom is 0.409 e. The van der Waals surface area contributed by atoms with Crippen LogP contribution in [0.1, 0.15) is 23.7 Å². The number of aromatic amines is 1. The van der Waals surface area contributed by atoms with Crippen molar-refractivity contribution in [1.82, 2.24) is 20.4 Å². The van der Waals surface area contributed by atoms with Crippen LogP contribution in [0, 0.1) is 0 Å². The minimum Gasteiger partial charge on any atom is -0.445 e. The number of rotatable bonds is 8. The molecule has 1 unspecified atom stereocenters. The van der Waals surface area contributed by atoms with Crippen molar-refractivity contribution in [2.75, 3.05) is 19.5 Å². The third-order valence-electron chi connectivity index (χ3n) is 4.63. The number of aromatic nitrogens is 2. The van der Waals surface area contributed by atoms with Crippen molar-refractivity contribution >= 4 is 50.4 Å². The van der Waals surface area contributed by atoms with E-state index in [-0.39, 0.29) is 18.4 Å². The summed E-state index contributed by atoms with van der Waals surface area (Å²) < 4.78 is 6.22. The van der Waals surface area contributed by atoms with E-state index >= 15 is 0 Å². The maximum absolute atomic E-state index is 12.3. The smallest absolute Gasteiger partial charge is 0.409 e. The molecule has 3 rings (SSSR count). The zero-order valence-corrected chi connectivity index (χ0v) is 18.7. The molecule has 0 aliphatic carbocycles. The normalized spacial score (nSPS) is 11.8. The Labute approximate surface area is 187 Å². The van der Waals surface area contributed by atoms with Gasteiger partial charge in [0, 0.05) is 23.5 Å². The second-order valence-corrected chi connectivity index (χ2v) is 7.90. The van der Waals surface area contributed by atoms with Crippen molar-refractivity contribution in [2.45, 2.75) is 19.1 Å². The molecule has 0 saturated carbocycles. The molecule has 2 N–H and O–H groups in total. The number of hydrogen-bond donors (Lipinski definition) is 2. The summed E-state index contributed by atoms with van der Waals surface area (Å²) in [7, 11) is 1.66. The Morgan fingerprint density at radius 3 is 2.73 bits per heavy atom. The highest BCUT2D eigenvalue weighted by Gasteiger charge is 2.22. The summed E-state index contributed by atoms with van der Waals surface area (Å²) in [5.41, 5.74) is 2.45. The average Bonchev–Trinajstić information content (AvgIpc) is 3.20. The fourth-order valence-corrected chi connectivity index (χ4v) is 3.71. The molecule has 1 heterocycles. The van der Waals surface area contributed by atoms with Crippen LogP contribution in [0.4, 0.5) is 4.79 Å². The first-order valence-corrected chi connectivity index (χ1v) is 10.7. The van der Waals surface area contributed by atoms with Crippen LogP contribution in [0.15, 0.2) is 53.0 Å². The van der Waals surface area contributed by atoms with Gasteiger partial charge in [-0.25, -0.2) is 4.79 Å². The number of hydrogen-bond acceptors (Lipinski definition) is 4. The molecule has 0 radical (unpaired) electrons. The van der Waals surface area contributed by atoms with Crippen molar-refractivity contribution in [2.24, 2.45) is 0 Å². The van der Waals surface area contributed by atoms with E-state index in [9.17, 15) is 9.59 Å². The third-order valence-corrected chi connectivity index (χ3v) is 5.54. The number of H-pyrrole nitrogens is 1. The second-order valence-electron chi connectivity index (χ2n) is 6.78. The van der Waals surface area contributed by atoms with Crippen LogP contribution in [-0.4, -0.2) is 46.6 Å². The zero-order chi connectivity index (χ0) is 21.5. The van der Waals surface area contributed by atoms with Crippen molar-refractivity contribution in [3.8, 4) is 0 Å². The predicted molar refractivity (Wildman–Crippen MR) is 119 cm³/mol. The molecule has 3 aromatic rings. The Hall–Kier alpha value is -2.58. The van der Waals surface area contributed by atoms with Crippen molar-refractivity contribution < 1.29 is 14.3 Å². The van der Waals surface area contributed by atoms with Gasteiger partial charge in [0.2, 0.25) is 5.91 Å². The fraction of sp³-hybridized carbons (Fsp3) is 0.286. The summed E-state index contributed by atoms with van der Waals surface area (Å²) >= 11 is 9.23. The van der Waals surface area contributed by atoms with E-state index in [1.165, 1.54) is 4.90 Å². The second kappa shape index (κ2) is 10.4. The third kappa shape index (κ3) is 5.52. The average molecular weight is 494 g/mol. The Bertz CT molecular complexity index is 1010. The number of carbonyl (C=O) groups is 2. The van der Waals surface area contributed by atoms with Gasteiger partial charge in [0.25, 0.3) is 0 Å². The SMILES string of the molecule is CN(CCC(NC(=O)CCl)c1[nH]nc2cccc(Br)c12)C(=O)OCc1ccccc1. The number of fused-ring (bicyclic) bond motifs is 1. The summed E-state index contributed by atoms with van der Waals surface area (Å²) in [6.07, 6.45) is 0.0231. The fourth-order valence-electron chi connectivity index (χ4n) is 3.07. The summed E-state index contributed by atoms with van der Waals surface area (Å²) in [6, 6.07) is 14.8. The van der Waals surface area contributed by atoms with Gasteiger partial charge in [-0.2, -0.15) is 5.10 Å². The molecule has 0 aliphatic heterocycles. The van der Waals surface area contributed by atoms with Crippen molar-refractivity contribution in [3.05, 3.63) is 64.3 Å². The van der Waals surface area contributed by atoms with E-state index in [0.29, 0.717) is 13.0 Å². The Morgan fingerprint density at radius 1 is 1.23 bits per heavy atom. The van der Waals surface area contributed by atoms with Crippen LogP contribution >= 0.6 is 27.5 Å². The Morgan fingerprint density at radius 2 is 2.00 bits per heavy atom. The van der Waals surface area contributed by atoms with Gasteiger partial charge in [-0.1, -0.05) is 52.3 Å². The lowest BCUT2D eigenvalue weighted by atomic mass is 10.1. The first-order valence-electron chi connectivity index (χ1n) is 9.39. The molecule has 0 spiro atoms. The van der Waals surface area contributed by atoms with Gasteiger partial charge in [-0.05, 0) is 24.1 Å². The van der Waals surface area contributed by atoms with E-state index < -0.39 is 12.1 Å². The molecule has 0 aliphatic rings. The van der Waals surface area contributed by atoms with Crippen LogP contribution in [0.2, 0.25) is 0 Å². The number of alkyl halides is 1. The van der Waals surface area contributed by atoms with Crippen LogP contribution in [-0.2, 0) is 16.1 Å². The number of amides is 2. The molecule has 1 atom stereocenters. The van der Waals surface area contributed by atoms with Crippen LogP contribution < -0.4 is 5.32 Å². The monoisotopic (exact) mass is 492 g/mol. The van der Waals surface area contributed by atoms with E-state index in [2.05, 4.69) is 31.4 Å². The molecular formula is C21H22BrClN4O3. The Balaban J connectivity index is 1.67. The van der Waals surface area contributed by atoms with Gasteiger partial charge in [-0.15, -0.1) is 11.6 Å². The van der Waals surface area contributed by atoms with E-state index in [0.717, 1.165) is 26.6 Å². The van der Waals surface area contributed by atoms with Crippen molar-refractivity contribution in [3.63, 3.8) is 0 Å². The summed E-state index contributed by atoms with van der Waals surface area (Å²) in [5, 5.41) is 11.1. The molecule has 0 bridgehead atoms. The number of benzene rings is 2. The largest absolute Gasteiger partial charge is 0.445 e. The molecule has 9 heteroatoms. The van der Waals surface area contributed by atoms with E-state index in [1.807, 2.05) is 48.5 Å². The topological polar surface area (TPSA) is 87.3 Å². The van der Waals surface area contributed by atoms with Gasteiger partial charge < -0.3 is 15.0 Å². The number of ether oxygens (including phenoxy) is 1. The molecule has 2 aromatic carbocycles. The van der Waals surface area contributed by atoms with E-state index in [1.54, 1.807) is 7.05 Å². The minimum atomic E-state index is -0.433. The summed E-state index contributed by atoms with van der Waals surface area (Å²) in [4.78, 5) is 25.8.